The van der Waals surface area contributed by atoms with Gasteiger partial charge >= 0.3 is 11.9 Å². The molecule has 9 heteroatoms. The molecule has 37 heavy (non-hydrogen) atoms. The van der Waals surface area contributed by atoms with Gasteiger partial charge in [-0.2, -0.15) is 0 Å². The molecule has 0 radical (unpaired) electrons. The summed E-state index contributed by atoms with van der Waals surface area (Å²) >= 11 is 1.23. The zero-order chi connectivity index (χ0) is 26.5. The molecular formula is C28H28N2O6S. The van der Waals surface area contributed by atoms with E-state index in [0.717, 1.165) is 11.1 Å². The van der Waals surface area contributed by atoms with Crippen LogP contribution in [-0.4, -0.2) is 36.3 Å². The van der Waals surface area contributed by atoms with E-state index < -0.39 is 18.0 Å². The summed E-state index contributed by atoms with van der Waals surface area (Å²) in [7, 11) is 0. The third kappa shape index (κ3) is 5.56. The summed E-state index contributed by atoms with van der Waals surface area (Å²) in [4.78, 5) is 43.6. The smallest absolute Gasteiger partial charge is 0.344 e. The first-order chi connectivity index (χ1) is 17.8. The van der Waals surface area contributed by atoms with Crippen LogP contribution < -0.4 is 19.6 Å². The van der Waals surface area contributed by atoms with E-state index in [0.29, 0.717) is 31.9 Å². The number of ether oxygens (including phenoxy) is 3. The van der Waals surface area contributed by atoms with E-state index in [-0.39, 0.29) is 25.4 Å². The number of aryl methyl sites for hydroxylation is 1. The highest BCUT2D eigenvalue weighted by Gasteiger charge is 2.33. The average Bonchev–Trinajstić information content (AvgIpc) is 3.17. The molecule has 1 aliphatic rings. The molecule has 1 atom stereocenters. The van der Waals surface area contributed by atoms with Crippen molar-refractivity contribution in [3.8, 4) is 5.75 Å². The lowest BCUT2D eigenvalue weighted by Gasteiger charge is -2.24. The van der Waals surface area contributed by atoms with Crippen LogP contribution in [0, 0.1) is 6.92 Å². The van der Waals surface area contributed by atoms with E-state index in [4.69, 9.17) is 14.2 Å². The second-order valence-electron chi connectivity index (χ2n) is 8.34. The van der Waals surface area contributed by atoms with Gasteiger partial charge in [0.2, 0.25) is 0 Å². The summed E-state index contributed by atoms with van der Waals surface area (Å²) in [6, 6.07) is 14.2. The number of thiazole rings is 1. The number of carbonyl (C=O) groups excluding carboxylic acids is 2. The standard InChI is InChI=1S/C28H28N2O6S/c1-5-34-23(31)16-36-21-10-8-7-9-20(21)15-22-26(32)30-25(19-13-11-17(3)12-14-19)24(27(33)35-6-2)18(4)29-28(30)37-22/h7-15,25H,5-6,16H2,1-4H3/b22-15-/t25-/m1/s1. The van der Waals surface area contributed by atoms with Crippen LogP contribution in [-0.2, 0) is 19.1 Å². The molecule has 2 aromatic carbocycles. The number of allylic oxidation sites excluding steroid dienone is 1. The molecule has 1 aromatic heterocycles. The van der Waals surface area contributed by atoms with Gasteiger partial charge in [-0.05, 0) is 45.4 Å². The van der Waals surface area contributed by atoms with Gasteiger partial charge in [-0.3, -0.25) is 9.36 Å². The monoisotopic (exact) mass is 520 g/mol. The summed E-state index contributed by atoms with van der Waals surface area (Å²) < 4.78 is 17.9. The lowest BCUT2D eigenvalue weighted by molar-refractivity contribution is -0.145. The molecule has 0 bridgehead atoms. The number of carbonyl (C=O) groups is 2. The Morgan fingerprint density at radius 1 is 1.03 bits per heavy atom. The molecule has 0 aliphatic carbocycles. The lowest BCUT2D eigenvalue weighted by Crippen LogP contribution is -2.39. The third-order valence-corrected chi connectivity index (χ3v) is 6.75. The molecular weight excluding hydrogens is 492 g/mol. The molecule has 0 N–H and O–H groups in total. The zero-order valence-electron chi connectivity index (χ0n) is 21.1. The first-order valence-electron chi connectivity index (χ1n) is 12.0. The van der Waals surface area contributed by atoms with Crippen LogP contribution in [0.4, 0.5) is 0 Å². The van der Waals surface area contributed by atoms with Crippen molar-refractivity contribution in [2.75, 3.05) is 19.8 Å². The van der Waals surface area contributed by atoms with Crippen molar-refractivity contribution in [3.05, 3.63) is 96.2 Å². The average molecular weight is 521 g/mol. The summed E-state index contributed by atoms with van der Waals surface area (Å²) in [5.74, 6) is -0.530. The van der Waals surface area contributed by atoms with Gasteiger partial charge in [0.15, 0.2) is 11.4 Å². The Morgan fingerprint density at radius 2 is 1.73 bits per heavy atom. The summed E-state index contributed by atoms with van der Waals surface area (Å²) in [5, 5.41) is 0. The summed E-state index contributed by atoms with van der Waals surface area (Å²) in [6.45, 7) is 7.43. The molecule has 0 saturated heterocycles. The van der Waals surface area contributed by atoms with Gasteiger partial charge in [0.1, 0.15) is 5.75 Å². The Balaban J connectivity index is 1.84. The number of hydrogen-bond donors (Lipinski definition) is 0. The minimum Gasteiger partial charge on any atom is -0.481 e. The summed E-state index contributed by atoms with van der Waals surface area (Å²) in [6.07, 6.45) is 1.71. The van der Waals surface area contributed by atoms with Crippen molar-refractivity contribution in [2.24, 2.45) is 4.99 Å². The van der Waals surface area contributed by atoms with Crippen molar-refractivity contribution in [1.29, 1.82) is 0 Å². The number of hydrogen-bond acceptors (Lipinski definition) is 8. The fourth-order valence-electron chi connectivity index (χ4n) is 4.07. The highest BCUT2D eigenvalue weighted by molar-refractivity contribution is 7.07. The van der Waals surface area contributed by atoms with Crippen LogP contribution in [0.15, 0.2) is 69.6 Å². The number of nitrogens with zero attached hydrogens (tertiary/aromatic N) is 2. The number of para-hydroxylation sites is 1. The first kappa shape index (κ1) is 26.1. The Hall–Kier alpha value is -3.98. The fourth-order valence-corrected chi connectivity index (χ4v) is 5.10. The largest absolute Gasteiger partial charge is 0.481 e. The van der Waals surface area contributed by atoms with Crippen molar-refractivity contribution in [2.45, 2.75) is 33.7 Å². The molecule has 2 heterocycles. The van der Waals surface area contributed by atoms with Crippen molar-refractivity contribution in [1.82, 2.24) is 4.57 Å². The Bertz CT molecular complexity index is 1530. The molecule has 3 aromatic rings. The zero-order valence-corrected chi connectivity index (χ0v) is 22.0. The quantitative estimate of drug-likeness (QED) is 0.424. The van der Waals surface area contributed by atoms with Crippen molar-refractivity contribution >= 4 is 29.4 Å². The van der Waals surface area contributed by atoms with E-state index in [2.05, 4.69) is 4.99 Å². The molecule has 0 spiro atoms. The second-order valence-corrected chi connectivity index (χ2v) is 9.35. The third-order valence-electron chi connectivity index (χ3n) is 5.77. The van der Waals surface area contributed by atoms with Crippen LogP contribution in [0.5, 0.6) is 5.75 Å². The van der Waals surface area contributed by atoms with E-state index in [9.17, 15) is 14.4 Å². The SMILES string of the molecule is CCOC(=O)COc1ccccc1/C=c1\sc2n(c1=O)[C@H](c1ccc(C)cc1)C(C(=O)OCC)=C(C)N=2. The van der Waals surface area contributed by atoms with Crippen LogP contribution in [0.1, 0.15) is 43.5 Å². The predicted octanol–water partition coefficient (Wildman–Crippen LogP) is 3.05. The maximum Gasteiger partial charge on any atom is 0.344 e. The van der Waals surface area contributed by atoms with Crippen LogP contribution >= 0.6 is 11.3 Å². The Labute approximate surface area is 218 Å². The van der Waals surface area contributed by atoms with Gasteiger partial charge in [0.05, 0.1) is 35.1 Å². The predicted molar refractivity (Wildman–Crippen MR) is 140 cm³/mol. The van der Waals surface area contributed by atoms with E-state index in [1.54, 1.807) is 49.6 Å². The number of fused-ring (bicyclic) bond motifs is 1. The molecule has 8 nitrogen and oxygen atoms in total. The number of esters is 2. The summed E-state index contributed by atoms with van der Waals surface area (Å²) in [5.41, 5.74) is 3.04. The molecule has 192 valence electrons. The number of benzene rings is 2. The Morgan fingerprint density at radius 3 is 2.43 bits per heavy atom. The van der Waals surface area contributed by atoms with Crippen molar-refractivity contribution in [3.63, 3.8) is 0 Å². The van der Waals surface area contributed by atoms with Crippen LogP contribution in [0.2, 0.25) is 0 Å². The molecule has 4 rings (SSSR count). The van der Waals surface area contributed by atoms with Gasteiger partial charge in [0.25, 0.3) is 5.56 Å². The maximum absolute atomic E-state index is 13.8. The van der Waals surface area contributed by atoms with Gasteiger partial charge in [-0.15, -0.1) is 0 Å². The first-order valence-corrected chi connectivity index (χ1v) is 12.8. The topological polar surface area (TPSA) is 96.2 Å². The molecule has 1 aliphatic heterocycles. The number of rotatable bonds is 8. The number of aromatic nitrogens is 1. The van der Waals surface area contributed by atoms with Crippen molar-refractivity contribution < 1.29 is 23.8 Å². The molecule has 0 unspecified atom stereocenters. The maximum atomic E-state index is 13.8. The van der Waals surface area contributed by atoms with E-state index >= 15 is 0 Å². The van der Waals surface area contributed by atoms with Crippen LogP contribution in [0.25, 0.3) is 6.08 Å². The molecule has 0 amide bonds. The minimum absolute atomic E-state index is 0.212. The van der Waals surface area contributed by atoms with Gasteiger partial charge < -0.3 is 14.2 Å². The minimum atomic E-state index is -0.673. The fraction of sp³-hybridized carbons (Fsp3) is 0.286. The lowest BCUT2D eigenvalue weighted by atomic mass is 9.95. The van der Waals surface area contributed by atoms with E-state index in [1.807, 2.05) is 37.3 Å². The highest BCUT2D eigenvalue weighted by atomic mass is 32.1. The van der Waals surface area contributed by atoms with Gasteiger partial charge in [-0.1, -0.05) is 59.4 Å². The van der Waals surface area contributed by atoms with Gasteiger partial charge in [-0.25, -0.2) is 14.6 Å². The molecule has 0 saturated carbocycles. The van der Waals surface area contributed by atoms with E-state index in [1.165, 1.54) is 11.3 Å². The van der Waals surface area contributed by atoms with Gasteiger partial charge in [0, 0.05) is 5.56 Å². The Kier molecular flexibility index (Phi) is 8.03. The normalized spacial score (nSPS) is 15.1. The molecule has 0 fully saturated rings. The highest BCUT2D eigenvalue weighted by Crippen LogP contribution is 2.31. The second kappa shape index (κ2) is 11.4. The van der Waals surface area contributed by atoms with Crippen LogP contribution in [0.3, 0.4) is 0 Å².